The highest BCUT2D eigenvalue weighted by atomic mass is 127. The van der Waals surface area contributed by atoms with Crippen molar-refractivity contribution in [2.75, 3.05) is 19.5 Å². The molecule has 0 radical (unpaired) electrons. The fraction of sp³-hybridized carbons (Fsp3) is 0.333. The maximum absolute atomic E-state index is 5.24. The summed E-state index contributed by atoms with van der Waals surface area (Å²) < 4.78 is 6.27. The average molecular weight is 381 g/mol. The van der Waals surface area contributed by atoms with E-state index in [-0.39, 0.29) is 0 Å². The molecule has 0 spiro atoms. The molecule has 0 saturated carbocycles. The minimum atomic E-state index is 0.311. The molecule has 1 N–H and O–H groups in total. The summed E-state index contributed by atoms with van der Waals surface area (Å²) in [5.41, 5.74) is 3.70. The second-order valence-electron chi connectivity index (χ2n) is 4.83. The van der Waals surface area contributed by atoms with Crippen LogP contribution in [-0.4, -0.2) is 24.1 Å². The SMILES string of the molecule is CNc1nc(C2Cc3ccccc32)nc(COC)c1I. The molecule has 1 aromatic carbocycles. The van der Waals surface area contributed by atoms with Crippen LogP contribution < -0.4 is 5.32 Å². The highest BCUT2D eigenvalue weighted by Crippen LogP contribution is 2.39. The summed E-state index contributed by atoms with van der Waals surface area (Å²) in [4.78, 5) is 9.38. The van der Waals surface area contributed by atoms with Gasteiger partial charge in [0.05, 0.1) is 15.9 Å². The Labute approximate surface area is 132 Å². The number of hydrogen-bond donors (Lipinski definition) is 1. The van der Waals surface area contributed by atoms with Gasteiger partial charge in [0.1, 0.15) is 11.6 Å². The summed E-state index contributed by atoms with van der Waals surface area (Å²) in [5.74, 6) is 2.08. The predicted octanol–water partition coefficient (Wildman–Crippen LogP) is 2.96. The molecule has 5 heteroatoms. The van der Waals surface area contributed by atoms with Crippen LogP contribution in [0.5, 0.6) is 0 Å². The summed E-state index contributed by atoms with van der Waals surface area (Å²) in [7, 11) is 3.58. The maximum Gasteiger partial charge on any atom is 0.143 e. The topological polar surface area (TPSA) is 47.0 Å². The second-order valence-corrected chi connectivity index (χ2v) is 5.91. The van der Waals surface area contributed by atoms with Gasteiger partial charge in [-0.15, -0.1) is 0 Å². The Morgan fingerprint density at radius 3 is 2.85 bits per heavy atom. The van der Waals surface area contributed by atoms with Crippen LogP contribution in [-0.2, 0) is 17.8 Å². The van der Waals surface area contributed by atoms with Crippen LogP contribution in [0.15, 0.2) is 24.3 Å². The Hall–Kier alpha value is -1.21. The zero-order valence-corrected chi connectivity index (χ0v) is 13.6. The van der Waals surface area contributed by atoms with E-state index in [9.17, 15) is 0 Å². The molecule has 4 nitrogen and oxygen atoms in total. The molecule has 1 aliphatic rings. The Morgan fingerprint density at radius 2 is 2.15 bits per heavy atom. The molecule has 0 amide bonds. The second kappa shape index (κ2) is 5.65. The Kier molecular flexibility index (Phi) is 3.89. The number of anilines is 1. The Bertz CT molecular complexity index is 645. The van der Waals surface area contributed by atoms with Crippen molar-refractivity contribution in [3.05, 3.63) is 50.5 Å². The van der Waals surface area contributed by atoms with E-state index in [2.05, 4.69) is 57.2 Å². The van der Waals surface area contributed by atoms with Gasteiger partial charge in [0.15, 0.2) is 0 Å². The summed E-state index contributed by atoms with van der Waals surface area (Å²) in [6.45, 7) is 0.511. The molecule has 1 atom stereocenters. The quantitative estimate of drug-likeness (QED) is 0.828. The summed E-state index contributed by atoms with van der Waals surface area (Å²) in [6.07, 6.45) is 1.02. The monoisotopic (exact) mass is 381 g/mol. The lowest BCUT2D eigenvalue weighted by Gasteiger charge is -2.29. The fourth-order valence-electron chi connectivity index (χ4n) is 2.56. The smallest absolute Gasteiger partial charge is 0.143 e. The molecule has 104 valence electrons. The molecule has 2 aromatic rings. The number of fused-ring (bicyclic) bond motifs is 1. The van der Waals surface area contributed by atoms with E-state index in [4.69, 9.17) is 9.72 Å². The molecule has 3 rings (SSSR count). The van der Waals surface area contributed by atoms with E-state index in [1.54, 1.807) is 7.11 Å². The largest absolute Gasteiger partial charge is 0.378 e. The van der Waals surface area contributed by atoms with E-state index in [1.165, 1.54) is 11.1 Å². The molecule has 1 unspecified atom stereocenters. The van der Waals surface area contributed by atoms with Crippen LogP contribution in [0.4, 0.5) is 5.82 Å². The third kappa shape index (κ3) is 2.29. The lowest BCUT2D eigenvalue weighted by Crippen LogP contribution is -2.22. The number of nitrogens with zero attached hydrogens (tertiary/aromatic N) is 2. The third-order valence-corrected chi connectivity index (χ3v) is 4.75. The van der Waals surface area contributed by atoms with Gasteiger partial charge >= 0.3 is 0 Å². The Morgan fingerprint density at radius 1 is 1.35 bits per heavy atom. The van der Waals surface area contributed by atoms with Crippen molar-refractivity contribution in [3.8, 4) is 0 Å². The van der Waals surface area contributed by atoms with Crippen molar-refractivity contribution in [3.63, 3.8) is 0 Å². The van der Waals surface area contributed by atoms with Gasteiger partial charge in [-0.1, -0.05) is 24.3 Å². The van der Waals surface area contributed by atoms with E-state index >= 15 is 0 Å². The standard InChI is InChI=1S/C15H16IN3O/c1-17-15-13(16)12(8-20-2)18-14(19-15)11-7-9-5-3-4-6-10(9)11/h3-6,11H,7-8H2,1-2H3,(H,17,18,19). The summed E-state index contributed by atoms with van der Waals surface area (Å²) >= 11 is 2.27. The molecule has 20 heavy (non-hydrogen) atoms. The van der Waals surface area contributed by atoms with Crippen LogP contribution in [0, 0.1) is 3.57 Å². The van der Waals surface area contributed by atoms with Crippen LogP contribution in [0.3, 0.4) is 0 Å². The van der Waals surface area contributed by atoms with Gasteiger partial charge < -0.3 is 10.1 Å². The minimum Gasteiger partial charge on any atom is -0.378 e. The molecule has 0 saturated heterocycles. The van der Waals surface area contributed by atoms with E-state index in [1.807, 2.05) is 7.05 Å². The number of hydrogen-bond acceptors (Lipinski definition) is 4. The fourth-order valence-corrected chi connectivity index (χ4v) is 3.22. The minimum absolute atomic E-state index is 0.311. The first-order valence-electron chi connectivity index (χ1n) is 6.55. The Balaban J connectivity index is 2.01. The van der Waals surface area contributed by atoms with Gasteiger partial charge in [0, 0.05) is 20.1 Å². The van der Waals surface area contributed by atoms with Crippen LogP contribution >= 0.6 is 22.6 Å². The lowest BCUT2D eigenvalue weighted by atomic mass is 9.77. The first-order valence-corrected chi connectivity index (χ1v) is 7.63. The number of nitrogens with one attached hydrogen (secondary N) is 1. The molecule has 0 fully saturated rings. The van der Waals surface area contributed by atoms with Crippen molar-refractivity contribution in [1.29, 1.82) is 0 Å². The first-order chi connectivity index (χ1) is 9.74. The number of methoxy groups -OCH3 is 1. The zero-order chi connectivity index (χ0) is 14.1. The average Bonchev–Trinajstić information content (AvgIpc) is 2.43. The zero-order valence-electron chi connectivity index (χ0n) is 11.5. The van der Waals surface area contributed by atoms with Gasteiger partial charge in [-0.05, 0) is 40.1 Å². The molecular formula is C15H16IN3O. The van der Waals surface area contributed by atoms with E-state index in [0.717, 1.165) is 27.3 Å². The molecule has 1 aliphatic carbocycles. The molecular weight excluding hydrogens is 365 g/mol. The van der Waals surface area contributed by atoms with Crippen molar-refractivity contribution in [1.82, 2.24) is 9.97 Å². The first kappa shape index (κ1) is 13.8. The van der Waals surface area contributed by atoms with Gasteiger partial charge in [-0.3, -0.25) is 0 Å². The van der Waals surface area contributed by atoms with Gasteiger partial charge in [-0.2, -0.15) is 0 Å². The van der Waals surface area contributed by atoms with Crippen molar-refractivity contribution in [2.24, 2.45) is 0 Å². The summed E-state index contributed by atoms with van der Waals surface area (Å²) in [5, 5.41) is 3.15. The van der Waals surface area contributed by atoms with E-state index < -0.39 is 0 Å². The van der Waals surface area contributed by atoms with Crippen molar-refractivity contribution in [2.45, 2.75) is 18.9 Å². The third-order valence-electron chi connectivity index (χ3n) is 3.62. The summed E-state index contributed by atoms with van der Waals surface area (Å²) in [6, 6.07) is 8.50. The molecule has 1 heterocycles. The molecule has 0 bridgehead atoms. The van der Waals surface area contributed by atoms with Crippen molar-refractivity contribution < 1.29 is 4.74 Å². The number of ether oxygens (including phenoxy) is 1. The van der Waals surface area contributed by atoms with E-state index in [0.29, 0.717) is 12.5 Å². The predicted molar refractivity (Wildman–Crippen MR) is 87.0 cm³/mol. The molecule has 0 aliphatic heterocycles. The number of aromatic nitrogens is 2. The normalized spacial score (nSPS) is 16.4. The van der Waals surface area contributed by atoms with Crippen LogP contribution in [0.1, 0.15) is 28.6 Å². The highest BCUT2D eigenvalue weighted by molar-refractivity contribution is 14.1. The lowest BCUT2D eigenvalue weighted by molar-refractivity contribution is 0.180. The van der Waals surface area contributed by atoms with Crippen LogP contribution in [0.25, 0.3) is 0 Å². The van der Waals surface area contributed by atoms with Gasteiger partial charge in [0.2, 0.25) is 0 Å². The van der Waals surface area contributed by atoms with Crippen LogP contribution in [0.2, 0.25) is 0 Å². The van der Waals surface area contributed by atoms with Crippen molar-refractivity contribution >= 4 is 28.4 Å². The van der Waals surface area contributed by atoms with Gasteiger partial charge in [-0.25, -0.2) is 9.97 Å². The highest BCUT2D eigenvalue weighted by Gasteiger charge is 2.30. The van der Waals surface area contributed by atoms with Gasteiger partial charge in [0.25, 0.3) is 0 Å². The molecule has 1 aromatic heterocycles. The number of halogens is 1. The maximum atomic E-state index is 5.24. The number of rotatable bonds is 4. The number of benzene rings is 1.